The highest BCUT2D eigenvalue weighted by molar-refractivity contribution is 7.71. The van der Waals surface area contributed by atoms with Gasteiger partial charge in [-0.15, -0.1) is 0 Å². The van der Waals surface area contributed by atoms with Gasteiger partial charge in [0.15, 0.2) is 17.4 Å². The van der Waals surface area contributed by atoms with E-state index >= 15 is 0 Å². The molecule has 18 heavy (non-hydrogen) atoms. The molecule has 6 nitrogen and oxygen atoms in total. The van der Waals surface area contributed by atoms with Gasteiger partial charge in [-0.25, -0.2) is 0 Å². The maximum absolute atomic E-state index is 9.96. The lowest BCUT2D eigenvalue weighted by Gasteiger charge is -2.08. The normalized spacial score (nSPS) is 10.6. The van der Waals surface area contributed by atoms with E-state index in [-0.39, 0.29) is 12.5 Å². The number of aromatic nitrogens is 3. The van der Waals surface area contributed by atoms with E-state index in [4.69, 9.17) is 21.7 Å². The molecule has 1 aromatic carbocycles. The molecule has 0 radical (unpaired) electrons. The molecule has 0 fully saturated rings. The van der Waals surface area contributed by atoms with Crippen LogP contribution < -0.4 is 4.74 Å². The van der Waals surface area contributed by atoms with Crippen LogP contribution in [0.3, 0.4) is 0 Å². The summed E-state index contributed by atoms with van der Waals surface area (Å²) < 4.78 is 12.2. The van der Waals surface area contributed by atoms with E-state index in [0.717, 1.165) is 0 Å². The molecule has 0 unspecified atom stereocenters. The standard InChI is InChI=1S/C11H13N3O3S/c1-14-10(12-13-11(14)18)8-4-3-7(5-9(8)15)17-6-16-2/h3-5,15H,6H2,1-2H3,(H,13,18). The van der Waals surface area contributed by atoms with E-state index in [1.165, 1.54) is 13.2 Å². The maximum Gasteiger partial charge on any atom is 0.195 e. The van der Waals surface area contributed by atoms with Crippen molar-refractivity contribution in [2.75, 3.05) is 13.9 Å². The molecule has 96 valence electrons. The Hall–Kier alpha value is -1.86. The quantitative estimate of drug-likeness (QED) is 0.653. The summed E-state index contributed by atoms with van der Waals surface area (Å²) >= 11 is 5.02. The number of hydrogen-bond acceptors (Lipinski definition) is 5. The van der Waals surface area contributed by atoms with Gasteiger partial charge in [0.2, 0.25) is 0 Å². The molecule has 0 aliphatic carbocycles. The molecule has 1 aromatic heterocycles. The van der Waals surface area contributed by atoms with E-state index in [9.17, 15) is 5.11 Å². The summed E-state index contributed by atoms with van der Waals surface area (Å²) in [6.45, 7) is 0.130. The molecule has 7 heteroatoms. The van der Waals surface area contributed by atoms with Crippen LogP contribution in [0.5, 0.6) is 11.5 Å². The number of phenolic OH excluding ortho intramolecular Hbond substituents is 1. The minimum atomic E-state index is 0.0701. The SMILES string of the molecule is COCOc1ccc(-c2n[nH]c(=S)n2C)c(O)c1. The zero-order valence-electron chi connectivity index (χ0n) is 10.0. The number of benzene rings is 1. The molecular formula is C11H13N3O3S. The fraction of sp³-hybridized carbons (Fsp3) is 0.273. The summed E-state index contributed by atoms with van der Waals surface area (Å²) in [7, 11) is 3.30. The molecule has 0 spiro atoms. The third kappa shape index (κ3) is 2.36. The lowest BCUT2D eigenvalue weighted by Crippen LogP contribution is -1.99. The molecular weight excluding hydrogens is 254 g/mol. The minimum Gasteiger partial charge on any atom is -0.507 e. The number of nitrogens with zero attached hydrogens (tertiary/aromatic N) is 2. The third-order valence-corrected chi connectivity index (χ3v) is 2.80. The Morgan fingerprint density at radius 1 is 1.50 bits per heavy atom. The Morgan fingerprint density at radius 3 is 2.83 bits per heavy atom. The van der Waals surface area contributed by atoms with Crippen molar-refractivity contribution in [3.8, 4) is 22.9 Å². The van der Waals surface area contributed by atoms with Gasteiger partial charge in [0.1, 0.15) is 11.5 Å². The van der Waals surface area contributed by atoms with Gasteiger partial charge >= 0.3 is 0 Å². The van der Waals surface area contributed by atoms with Gasteiger partial charge in [-0.05, 0) is 24.4 Å². The van der Waals surface area contributed by atoms with Crippen LogP contribution in [-0.2, 0) is 11.8 Å². The van der Waals surface area contributed by atoms with Crippen LogP contribution in [0.2, 0.25) is 0 Å². The van der Waals surface area contributed by atoms with E-state index in [2.05, 4.69) is 10.2 Å². The number of ether oxygens (including phenoxy) is 2. The van der Waals surface area contributed by atoms with Crippen molar-refractivity contribution in [2.24, 2.45) is 7.05 Å². The first-order chi connectivity index (χ1) is 8.63. The highest BCUT2D eigenvalue weighted by Crippen LogP contribution is 2.30. The van der Waals surface area contributed by atoms with Crippen molar-refractivity contribution in [3.05, 3.63) is 23.0 Å². The van der Waals surface area contributed by atoms with E-state index < -0.39 is 0 Å². The van der Waals surface area contributed by atoms with Gasteiger partial charge in [-0.1, -0.05) is 0 Å². The number of methoxy groups -OCH3 is 1. The molecule has 0 atom stereocenters. The fourth-order valence-electron chi connectivity index (χ4n) is 1.51. The first-order valence-electron chi connectivity index (χ1n) is 5.20. The zero-order valence-corrected chi connectivity index (χ0v) is 10.8. The first-order valence-corrected chi connectivity index (χ1v) is 5.61. The lowest BCUT2D eigenvalue weighted by molar-refractivity contribution is 0.0510. The zero-order chi connectivity index (χ0) is 13.1. The lowest BCUT2D eigenvalue weighted by atomic mass is 10.2. The van der Waals surface area contributed by atoms with Gasteiger partial charge < -0.3 is 19.1 Å². The molecule has 0 bridgehead atoms. The Balaban J connectivity index is 2.35. The van der Waals surface area contributed by atoms with Crippen LogP contribution in [0, 0.1) is 4.77 Å². The Morgan fingerprint density at radius 2 is 2.28 bits per heavy atom. The highest BCUT2D eigenvalue weighted by Gasteiger charge is 2.11. The fourth-order valence-corrected chi connectivity index (χ4v) is 1.64. The number of phenols is 1. The summed E-state index contributed by atoms with van der Waals surface area (Å²) in [5, 5.41) is 16.7. The van der Waals surface area contributed by atoms with Crippen molar-refractivity contribution in [1.29, 1.82) is 0 Å². The maximum atomic E-state index is 9.96. The summed E-state index contributed by atoms with van der Waals surface area (Å²) in [4.78, 5) is 0. The monoisotopic (exact) mass is 267 g/mol. The van der Waals surface area contributed by atoms with Gasteiger partial charge in [0.25, 0.3) is 0 Å². The van der Waals surface area contributed by atoms with Crippen molar-refractivity contribution >= 4 is 12.2 Å². The van der Waals surface area contributed by atoms with Gasteiger partial charge in [0, 0.05) is 20.2 Å². The smallest absolute Gasteiger partial charge is 0.195 e. The van der Waals surface area contributed by atoms with Gasteiger partial charge in [-0.2, -0.15) is 5.10 Å². The second-order valence-corrected chi connectivity index (χ2v) is 4.03. The second kappa shape index (κ2) is 5.19. The van der Waals surface area contributed by atoms with Crippen molar-refractivity contribution in [3.63, 3.8) is 0 Å². The Kier molecular flexibility index (Phi) is 3.63. The van der Waals surface area contributed by atoms with Crippen LogP contribution in [-0.4, -0.2) is 33.8 Å². The van der Waals surface area contributed by atoms with Crippen LogP contribution in [0.25, 0.3) is 11.4 Å². The molecule has 0 aliphatic rings. The molecule has 2 N–H and O–H groups in total. The summed E-state index contributed by atoms with van der Waals surface area (Å²) in [6, 6.07) is 4.95. The molecule has 0 saturated heterocycles. The molecule has 0 saturated carbocycles. The summed E-state index contributed by atoms with van der Waals surface area (Å²) in [5.41, 5.74) is 0.578. The largest absolute Gasteiger partial charge is 0.507 e. The third-order valence-electron chi connectivity index (χ3n) is 2.43. The second-order valence-electron chi connectivity index (χ2n) is 3.64. The van der Waals surface area contributed by atoms with Crippen molar-refractivity contribution < 1.29 is 14.6 Å². The van der Waals surface area contributed by atoms with E-state index in [0.29, 0.717) is 21.9 Å². The summed E-state index contributed by atoms with van der Waals surface area (Å²) in [5.74, 6) is 1.16. The van der Waals surface area contributed by atoms with Crippen LogP contribution >= 0.6 is 12.2 Å². The van der Waals surface area contributed by atoms with Crippen molar-refractivity contribution in [2.45, 2.75) is 0 Å². The molecule has 2 aromatic rings. The average molecular weight is 267 g/mol. The first kappa shape index (κ1) is 12.6. The molecule has 1 heterocycles. The van der Waals surface area contributed by atoms with E-state index in [1.807, 2.05) is 0 Å². The van der Waals surface area contributed by atoms with Crippen LogP contribution in [0.1, 0.15) is 0 Å². The van der Waals surface area contributed by atoms with Gasteiger partial charge in [0.05, 0.1) is 5.56 Å². The molecule has 2 rings (SSSR count). The van der Waals surface area contributed by atoms with E-state index in [1.54, 1.807) is 23.7 Å². The molecule has 0 amide bonds. The van der Waals surface area contributed by atoms with Crippen LogP contribution in [0.4, 0.5) is 0 Å². The predicted molar refractivity (Wildman–Crippen MR) is 68.0 cm³/mol. The van der Waals surface area contributed by atoms with Crippen molar-refractivity contribution in [1.82, 2.24) is 14.8 Å². The average Bonchev–Trinajstić information content (AvgIpc) is 2.68. The Bertz CT molecular complexity index is 606. The molecule has 0 aliphatic heterocycles. The predicted octanol–water partition coefficient (Wildman–Crippen LogP) is 1.83. The number of aromatic amines is 1. The number of nitrogens with one attached hydrogen (secondary N) is 1. The topological polar surface area (TPSA) is 72.3 Å². The summed E-state index contributed by atoms with van der Waals surface area (Å²) in [6.07, 6.45) is 0. The highest BCUT2D eigenvalue weighted by atomic mass is 32.1. The van der Waals surface area contributed by atoms with Crippen LogP contribution in [0.15, 0.2) is 18.2 Å². The number of H-pyrrole nitrogens is 1. The Labute approximate surface area is 109 Å². The van der Waals surface area contributed by atoms with Gasteiger partial charge in [-0.3, -0.25) is 5.10 Å². The number of aromatic hydroxyl groups is 1. The minimum absolute atomic E-state index is 0.0701. The number of hydrogen-bond donors (Lipinski definition) is 2. The number of rotatable bonds is 4.